The van der Waals surface area contributed by atoms with E-state index >= 15 is 0 Å². The third-order valence-electron chi connectivity index (χ3n) is 2.34. The molecule has 3 nitrogen and oxygen atoms in total. The summed E-state index contributed by atoms with van der Waals surface area (Å²) in [6, 6.07) is 0. The van der Waals surface area contributed by atoms with Gasteiger partial charge >= 0.3 is 5.97 Å². The second-order valence-electron chi connectivity index (χ2n) is 3.64. The number of rotatable bonds is 4. The van der Waals surface area contributed by atoms with Gasteiger partial charge in [0.15, 0.2) is 0 Å². The van der Waals surface area contributed by atoms with E-state index in [2.05, 4.69) is 0 Å². The standard InChI is InChI=1S/C8H15NO2/c1-9(2)6-5-8(3-4-8)7(10)11/h3-6H2,1-2H3,(H,10,11). The van der Waals surface area contributed by atoms with Gasteiger partial charge in [0.05, 0.1) is 5.41 Å². The van der Waals surface area contributed by atoms with Crippen LogP contribution in [-0.4, -0.2) is 36.6 Å². The molecule has 1 N–H and O–H groups in total. The van der Waals surface area contributed by atoms with E-state index in [9.17, 15) is 4.79 Å². The highest BCUT2D eigenvalue weighted by Crippen LogP contribution is 2.48. The fourth-order valence-corrected chi connectivity index (χ4v) is 1.16. The van der Waals surface area contributed by atoms with Gasteiger partial charge in [-0.1, -0.05) is 0 Å². The van der Waals surface area contributed by atoms with Crippen molar-refractivity contribution in [3.8, 4) is 0 Å². The van der Waals surface area contributed by atoms with Crippen molar-refractivity contribution in [1.82, 2.24) is 4.90 Å². The zero-order chi connectivity index (χ0) is 8.48. The summed E-state index contributed by atoms with van der Waals surface area (Å²) in [7, 11) is 3.94. The monoisotopic (exact) mass is 157 g/mol. The quantitative estimate of drug-likeness (QED) is 0.656. The van der Waals surface area contributed by atoms with Crippen molar-refractivity contribution in [3.05, 3.63) is 0 Å². The molecule has 0 amide bonds. The molecule has 0 aromatic carbocycles. The lowest BCUT2D eigenvalue weighted by Gasteiger charge is -2.13. The predicted molar refractivity (Wildman–Crippen MR) is 42.5 cm³/mol. The average molecular weight is 157 g/mol. The Balaban J connectivity index is 2.31. The molecule has 0 unspecified atom stereocenters. The van der Waals surface area contributed by atoms with Crippen LogP contribution in [0.1, 0.15) is 19.3 Å². The maximum Gasteiger partial charge on any atom is 0.309 e. The molecule has 1 aliphatic carbocycles. The average Bonchev–Trinajstić information content (AvgIpc) is 2.63. The Morgan fingerprint density at radius 3 is 2.36 bits per heavy atom. The van der Waals surface area contributed by atoms with Crippen molar-refractivity contribution in [2.45, 2.75) is 19.3 Å². The lowest BCUT2D eigenvalue weighted by Crippen LogP contribution is -2.22. The molecule has 0 bridgehead atoms. The summed E-state index contributed by atoms with van der Waals surface area (Å²) in [6.07, 6.45) is 2.54. The third-order valence-corrected chi connectivity index (χ3v) is 2.34. The highest BCUT2D eigenvalue weighted by molar-refractivity contribution is 5.77. The molecule has 0 aromatic rings. The molecule has 0 spiro atoms. The van der Waals surface area contributed by atoms with Gasteiger partial charge < -0.3 is 10.0 Å². The van der Waals surface area contributed by atoms with E-state index in [1.54, 1.807) is 0 Å². The Kier molecular flexibility index (Phi) is 2.18. The fourth-order valence-electron chi connectivity index (χ4n) is 1.16. The first-order chi connectivity index (χ1) is 5.07. The number of hydrogen-bond donors (Lipinski definition) is 1. The minimum Gasteiger partial charge on any atom is -0.481 e. The van der Waals surface area contributed by atoms with E-state index < -0.39 is 5.97 Å². The van der Waals surface area contributed by atoms with Gasteiger partial charge in [-0.3, -0.25) is 4.79 Å². The predicted octanol–water partition coefficient (Wildman–Crippen LogP) is 0.803. The third kappa shape index (κ3) is 1.93. The number of carboxylic acid groups (broad SMARTS) is 1. The number of carboxylic acids is 1. The van der Waals surface area contributed by atoms with Crippen LogP contribution in [0.25, 0.3) is 0 Å². The van der Waals surface area contributed by atoms with Gasteiger partial charge in [-0.2, -0.15) is 0 Å². The second kappa shape index (κ2) is 2.81. The second-order valence-corrected chi connectivity index (χ2v) is 3.64. The molecule has 11 heavy (non-hydrogen) atoms. The summed E-state index contributed by atoms with van der Waals surface area (Å²) >= 11 is 0. The van der Waals surface area contributed by atoms with Gasteiger partial charge in [0.2, 0.25) is 0 Å². The summed E-state index contributed by atoms with van der Waals surface area (Å²) in [5.74, 6) is -0.612. The normalized spacial score (nSPS) is 20.3. The lowest BCUT2D eigenvalue weighted by atomic mass is 10.0. The van der Waals surface area contributed by atoms with Crippen molar-refractivity contribution < 1.29 is 9.90 Å². The van der Waals surface area contributed by atoms with E-state index in [0.29, 0.717) is 0 Å². The molecule has 0 atom stereocenters. The van der Waals surface area contributed by atoms with Crippen LogP contribution in [-0.2, 0) is 4.79 Å². The maximum atomic E-state index is 10.7. The SMILES string of the molecule is CN(C)CCC1(C(=O)O)CC1. The first-order valence-electron chi connectivity index (χ1n) is 3.95. The van der Waals surface area contributed by atoms with Crippen LogP contribution < -0.4 is 0 Å². The summed E-state index contributed by atoms with van der Waals surface area (Å²) in [5, 5.41) is 8.80. The van der Waals surface area contributed by atoms with Gasteiger partial charge in [-0.05, 0) is 39.9 Å². The van der Waals surface area contributed by atoms with Crippen LogP contribution in [0.3, 0.4) is 0 Å². The molecule has 1 aliphatic rings. The Hall–Kier alpha value is -0.570. The Morgan fingerprint density at radius 2 is 2.09 bits per heavy atom. The van der Waals surface area contributed by atoms with Crippen molar-refractivity contribution in [2.24, 2.45) is 5.41 Å². The van der Waals surface area contributed by atoms with E-state index in [1.165, 1.54) is 0 Å². The highest BCUT2D eigenvalue weighted by Gasteiger charge is 2.49. The van der Waals surface area contributed by atoms with Crippen molar-refractivity contribution in [1.29, 1.82) is 0 Å². The fraction of sp³-hybridized carbons (Fsp3) is 0.875. The molecule has 0 saturated heterocycles. The summed E-state index contributed by atoms with van der Waals surface area (Å²) in [5.41, 5.74) is -0.343. The summed E-state index contributed by atoms with van der Waals surface area (Å²) in [6.45, 7) is 0.881. The zero-order valence-corrected chi connectivity index (χ0v) is 7.13. The molecular weight excluding hydrogens is 142 g/mol. The molecular formula is C8H15NO2. The van der Waals surface area contributed by atoms with Gasteiger partial charge in [0, 0.05) is 0 Å². The number of nitrogens with zero attached hydrogens (tertiary/aromatic N) is 1. The first-order valence-corrected chi connectivity index (χ1v) is 3.95. The molecule has 3 heteroatoms. The number of aliphatic carboxylic acids is 1. The van der Waals surface area contributed by atoms with Crippen molar-refractivity contribution >= 4 is 5.97 Å². The Morgan fingerprint density at radius 1 is 1.55 bits per heavy atom. The van der Waals surface area contributed by atoms with Crippen LogP contribution in [0.4, 0.5) is 0 Å². The smallest absolute Gasteiger partial charge is 0.309 e. The van der Waals surface area contributed by atoms with E-state index in [-0.39, 0.29) is 5.41 Å². The van der Waals surface area contributed by atoms with Gasteiger partial charge in [-0.15, -0.1) is 0 Å². The maximum absolute atomic E-state index is 10.7. The van der Waals surface area contributed by atoms with E-state index in [4.69, 9.17) is 5.11 Å². The summed E-state index contributed by atoms with van der Waals surface area (Å²) < 4.78 is 0. The molecule has 1 rings (SSSR count). The van der Waals surface area contributed by atoms with E-state index in [0.717, 1.165) is 25.8 Å². The van der Waals surface area contributed by atoms with Crippen LogP contribution in [0.15, 0.2) is 0 Å². The molecule has 1 fully saturated rings. The van der Waals surface area contributed by atoms with Gasteiger partial charge in [0.25, 0.3) is 0 Å². The van der Waals surface area contributed by atoms with Crippen LogP contribution >= 0.6 is 0 Å². The van der Waals surface area contributed by atoms with Gasteiger partial charge in [-0.25, -0.2) is 0 Å². The van der Waals surface area contributed by atoms with Crippen molar-refractivity contribution in [2.75, 3.05) is 20.6 Å². The Labute approximate surface area is 67.0 Å². The molecule has 1 saturated carbocycles. The van der Waals surface area contributed by atoms with Crippen LogP contribution in [0, 0.1) is 5.41 Å². The molecule has 64 valence electrons. The molecule has 0 heterocycles. The highest BCUT2D eigenvalue weighted by atomic mass is 16.4. The minimum atomic E-state index is -0.612. The van der Waals surface area contributed by atoms with Crippen LogP contribution in [0.5, 0.6) is 0 Å². The van der Waals surface area contributed by atoms with E-state index in [1.807, 2.05) is 19.0 Å². The lowest BCUT2D eigenvalue weighted by molar-refractivity contribution is -0.143. The molecule has 0 aliphatic heterocycles. The number of hydrogen-bond acceptors (Lipinski definition) is 2. The first kappa shape index (κ1) is 8.53. The topological polar surface area (TPSA) is 40.5 Å². The molecule has 0 radical (unpaired) electrons. The number of carbonyl (C=O) groups is 1. The Bertz CT molecular complexity index is 161. The van der Waals surface area contributed by atoms with Gasteiger partial charge in [0.1, 0.15) is 0 Å². The minimum absolute atomic E-state index is 0.343. The zero-order valence-electron chi connectivity index (χ0n) is 7.13. The largest absolute Gasteiger partial charge is 0.481 e. The summed E-state index contributed by atoms with van der Waals surface area (Å²) in [4.78, 5) is 12.7. The molecule has 0 aromatic heterocycles. The van der Waals surface area contributed by atoms with Crippen LogP contribution in [0.2, 0.25) is 0 Å². The van der Waals surface area contributed by atoms with Crippen molar-refractivity contribution in [3.63, 3.8) is 0 Å².